The average Bonchev–Trinajstić information content (AvgIpc) is 2.98. The number of amides is 1. The van der Waals surface area contributed by atoms with Crippen molar-refractivity contribution < 1.29 is 25.2 Å². The van der Waals surface area contributed by atoms with Gasteiger partial charge in [-0.3, -0.25) is 4.79 Å². The molecule has 6 nitrogen and oxygen atoms in total. The van der Waals surface area contributed by atoms with Crippen molar-refractivity contribution in [1.82, 2.24) is 5.32 Å². The highest BCUT2D eigenvalue weighted by Crippen LogP contribution is 2.12. The molecule has 0 rings (SSSR count). The van der Waals surface area contributed by atoms with E-state index in [4.69, 9.17) is 0 Å². The SMILES string of the molecule is CCCCCCCC/C=C\C/C=C\CC(O)C(=O)NC(CO)C(O)C(O)CCC/C=C/CCCCCCCCCC. The van der Waals surface area contributed by atoms with E-state index in [-0.39, 0.29) is 6.42 Å². The Hall–Kier alpha value is -1.47. The summed E-state index contributed by atoms with van der Waals surface area (Å²) in [5.41, 5.74) is 0. The van der Waals surface area contributed by atoms with Crippen LogP contribution in [0.25, 0.3) is 0 Å². The van der Waals surface area contributed by atoms with Gasteiger partial charge in [0, 0.05) is 6.42 Å². The summed E-state index contributed by atoms with van der Waals surface area (Å²) in [6.45, 7) is 3.95. The number of unbranched alkanes of at least 4 members (excludes halogenated alkanes) is 15. The Labute approximate surface area is 252 Å². The van der Waals surface area contributed by atoms with Crippen LogP contribution in [0.2, 0.25) is 0 Å². The quantitative estimate of drug-likeness (QED) is 0.0467. The van der Waals surface area contributed by atoms with E-state index in [1.807, 2.05) is 6.08 Å². The molecule has 6 heteroatoms. The molecule has 5 N–H and O–H groups in total. The monoisotopic (exact) mass is 579 g/mol. The maximum absolute atomic E-state index is 12.3. The molecule has 4 unspecified atom stereocenters. The van der Waals surface area contributed by atoms with E-state index in [2.05, 4.69) is 43.5 Å². The fourth-order valence-corrected chi connectivity index (χ4v) is 4.80. The van der Waals surface area contributed by atoms with E-state index in [1.165, 1.54) is 89.9 Å². The summed E-state index contributed by atoms with van der Waals surface area (Å²) in [6.07, 6.45) is 31.8. The predicted molar refractivity (Wildman–Crippen MR) is 173 cm³/mol. The van der Waals surface area contributed by atoms with Crippen molar-refractivity contribution >= 4 is 5.91 Å². The molecule has 240 valence electrons. The van der Waals surface area contributed by atoms with Gasteiger partial charge in [-0.25, -0.2) is 0 Å². The molecule has 0 aliphatic heterocycles. The minimum absolute atomic E-state index is 0.152. The molecule has 0 saturated carbocycles. The predicted octanol–water partition coefficient (Wildman–Crippen LogP) is 7.45. The molecule has 1 amide bonds. The van der Waals surface area contributed by atoms with Crippen LogP contribution in [0.5, 0.6) is 0 Å². The molecule has 41 heavy (non-hydrogen) atoms. The minimum Gasteiger partial charge on any atom is -0.394 e. The van der Waals surface area contributed by atoms with Gasteiger partial charge in [-0.1, -0.05) is 127 Å². The first-order chi connectivity index (χ1) is 20.0. The van der Waals surface area contributed by atoms with E-state index in [9.17, 15) is 25.2 Å². The summed E-state index contributed by atoms with van der Waals surface area (Å²) in [7, 11) is 0. The third-order valence-corrected chi connectivity index (χ3v) is 7.58. The van der Waals surface area contributed by atoms with E-state index < -0.39 is 36.9 Å². The van der Waals surface area contributed by atoms with Crippen LogP contribution in [0.1, 0.15) is 149 Å². The van der Waals surface area contributed by atoms with Crippen molar-refractivity contribution in [2.45, 2.75) is 173 Å². The van der Waals surface area contributed by atoms with Crippen LogP contribution in [0, 0.1) is 0 Å². The van der Waals surface area contributed by atoms with E-state index in [1.54, 1.807) is 6.08 Å². The average molecular weight is 580 g/mol. The topological polar surface area (TPSA) is 110 Å². The van der Waals surface area contributed by atoms with Crippen LogP contribution in [0.15, 0.2) is 36.5 Å². The van der Waals surface area contributed by atoms with Crippen LogP contribution in [-0.2, 0) is 4.79 Å². The second-order valence-electron chi connectivity index (χ2n) is 11.5. The van der Waals surface area contributed by atoms with Gasteiger partial charge in [-0.2, -0.15) is 0 Å². The summed E-state index contributed by atoms with van der Waals surface area (Å²) in [6, 6.07) is -1.03. The lowest BCUT2D eigenvalue weighted by atomic mass is 10.0. The Kier molecular flexibility index (Phi) is 28.9. The third kappa shape index (κ3) is 24.8. The lowest BCUT2D eigenvalue weighted by Crippen LogP contribution is -2.52. The number of allylic oxidation sites excluding steroid dienone is 5. The molecule has 0 bridgehead atoms. The third-order valence-electron chi connectivity index (χ3n) is 7.58. The Morgan fingerprint density at radius 1 is 0.634 bits per heavy atom. The van der Waals surface area contributed by atoms with Crippen LogP contribution < -0.4 is 5.32 Å². The van der Waals surface area contributed by atoms with Crippen molar-refractivity contribution in [3.05, 3.63) is 36.5 Å². The number of carbonyl (C=O) groups is 1. The van der Waals surface area contributed by atoms with Crippen molar-refractivity contribution in [3.8, 4) is 0 Å². The van der Waals surface area contributed by atoms with E-state index >= 15 is 0 Å². The maximum Gasteiger partial charge on any atom is 0.249 e. The molecule has 0 saturated heterocycles. The zero-order valence-corrected chi connectivity index (χ0v) is 26.5. The van der Waals surface area contributed by atoms with Gasteiger partial charge < -0.3 is 25.7 Å². The Balaban J connectivity index is 4.03. The van der Waals surface area contributed by atoms with Crippen molar-refractivity contribution in [3.63, 3.8) is 0 Å². The highest BCUT2D eigenvalue weighted by Gasteiger charge is 2.28. The molecule has 0 aliphatic rings. The molecule has 0 heterocycles. The smallest absolute Gasteiger partial charge is 0.249 e. The summed E-state index contributed by atoms with van der Waals surface area (Å²) >= 11 is 0. The van der Waals surface area contributed by atoms with Crippen LogP contribution in [0.3, 0.4) is 0 Å². The van der Waals surface area contributed by atoms with E-state index in [0.717, 1.165) is 25.7 Å². The summed E-state index contributed by atoms with van der Waals surface area (Å²) in [4.78, 5) is 12.3. The normalized spacial score (nSPS) is 15.2. The first kappa shape index (κ1) is 39.5. The maximum atomic E-state index is 12.3. The Bertz CT molecular complexity index is 663. The number of hydrogen-bond donors (Lipinski definition) is 5. The molecule has 0 aromatic heterocycles. The zero-order chi connectivity index (χ0) is 30.4. The molecule has 0 spiro atoms. The van der Waals surface area contributed by atoms with Crippen LogP contribution >= 0.6 is 0 Å². The number of hydrogen-bond acceptors (Lipinski definition) is 5. The summed E-state index contributed by atoms with van der Waals surface area (Å²) in [5.74, 6) is -0.664. The molecule has 0 aromatic rings. The number of carbonyl (C=O) groups excluding carboxylic acids is 1. The Morgan fingerprint density at radius 2 is 1.10 bits per heavy atom. The van der Waals surface area contributed by atoms with Crippen molar-refractivity contribution in [2.24, 2.45) is 0 Å². The van der Waals surface area contributed by atoms with Gasteiger partial charge in [-0.15, -0.1) is 0 Å². The summed E-state index contributed by atoms with van der Waals surface area (Å²) in [5, 5.41) is 43.1. The molecule has 0 radical (unpaired) electrons. The van der Waals surface area contributed by atoms with Gasteiger partial charge >= 0.3 is 0 Å². The number of aliphatic hydroxyl groups is 4. The van der Waals surface area contributed by atoms with Crippen molar-refractivity contribution in [2.75, 3.05) is 6.61 Å². The molecule has 4 atom stereocenters. The fourth-order valence-electron chi connectivity index (χ4n) is 4.80. The highest BCUT2D eigenvalue weighted by atomic mass is 16.3. The van der Waals surface area contributed by atoms with Gasteiger partial charge in [-0.05, 0) is 51.4 Å². The second kappa shape index (κ2) is 30.0. The summed E-state index contributed by atoms with van der Waals surface area (Å²) < 4.78 is 0. The first-order valence-electron chi connectivity index (χ1n) is 16.9. The van der Waals surface area contributed by atoms with Crippen molar-refractivity contribution in [1.29, 1.82) is 0 Å². The number of rotatable bonds is 29. The molecular formula is C35H65NO5. The zero-order valence-electron chi connectivity index (χ0n) is 26.5. The largest absolute Gasteiger partial charge is 0.394 e. The standard InChI is InChI=1S/C35H65NO5/c1-3-5-7-9-11-13-15-17-19-20-22-24-26-28-32(38)34(40)31(30-37)36-35(41)33(39)29-27-25-23-21-18-16-14-12-10-8-6-4-2/h18,20-22,25,27,31-34,37-40H,3-17,19,23-24,26,28-30H2,1-2H3,(H,36,41)/b21-18-,22-20+,27-25-. The molecule has 0 aromatic carbocycles. The van der Waals surface area contributed by atoms with Gasteiger partial charge in [0.2, 0.25) is 5.91 Å². The lowest BCUT2D eigenvalue weighted by molar-refractivity contribution is -0.132. The highest BCUT2D eigenvalue weighted by molar-refractivity contribution is 5.81. The molecular weight excluding hydrogens is 514 g/mol. The van der Waals surface area contributed by atoms with Gasteiger partial charge in [0.05, 0.1) is 18.8 Å². The van der Waals surface area contributed by atoms with Gasteiger partial charge in [0.15, 0.2) is 0 Å². The second-order valence-corrected chi connectivity index (χ2v) is 11.5. The fraction of sp³-hybridized carbons (Fsp3) is 0.800. The first-order valence-corrected chi connectivity index (χ1v) is 16.9. The van der Waals surface area contributed by atoms with E-state index in [0.29, 0.717) is 12.8 Å². The number of nitrogens with one attached hydrogen (secondary N) is 1. The molecule has 0 fully saturated rings. The van der Waals surface area contributed by atoms with Crippen LogP contribution in [0.4, 0.5) is 0 Å². The van der Waals surface area contributed by atoms with Gasteiger partial charge in [0.1, 0.15) is 12.2 Å². The number of aliphatic hydroxyl groups excluding tert-OH is 4. The van der Waals surface area contributed by atoms with Gasteiger partial charge in [0.25, 0.3) is 0 Å². The lowest BCUT2D eigenvalue weighted by Gasteiger charge is -2.27. The Morgan fingerprint density at radius 3 is 1.63 bits per heavy atom. The molecule has 0 aliphatic carbocycles. The van der Waals surface area contributed by atoms with Crippen LogP contribution in [-0.4, -0.2) is 57.3 Å². The minimum atomic E-state index is -1.30.